The Morgan fingerprint density at radius 1 is 1.34 bits per heavy atom. The van der Waals surface area contributed by atoms with Gasteiger partial charge in [0, 0.05) is 30.7 Å². The maximum Gasteiger partial charge on any atom is 0.345 e. The Labute approximate surface area is 174 Å². The first-order chi connectivity index (χ1) is 13.8. The number of alkyl halides is 2. The first-order valence-electron chi connectivity index (χ1n) is 9.98. The second kappa shape index (κ2) is 11.1. The summed E-state index contributed by atoms with van der Waals surface area (Å²) in [7, 11) is 0. The lowest BCUT2D eigenvalue weighted by atomic mass is 10.1. The first-order valence-corrected chi connectivity index (χ1v) is 10.8. The van der Waals surface area contributed by atoms with Gasteiger partial charge in [-0.2, -0.15) is 8.78 Å². The topological polar surface area (TPSA) is 57.6 Å². The van der Waals surface area contributed by atoms with Crippen LogP contribution in [0.4, 0.5) is 8.78 Å². The van der Waals surface area contributed by atoms with Crippen LogP contribution in [0, 0.1) is 11.8 Å². The molecule has 1 aromatic rings. The zero-order valence-corrected chi connectivity index (χ0v) is 17.4. The number of hydrogen-bond donors (Lipinski definition) is 1. The zero-order valence-electron chi connectivity index (χ0n) is 16.6. The van der Waals surface area contributed by atoms with E-state index in [-0.39, 0.29) is 11.4 Å². The van der Waals surface area contributed by atoms with E-state index < -0.39 is 30.3 Å². The highest BCUT2D eigenvalue weighted by molar-refractivity contribution is 7.13. The fraction of sp³-hybridized carbons (Fsp3) is 0.545. The lowest BCUT2D eigenvalue weighted by molar-refractivity contribution is -0.148. The van der Waals surface area contributed by atoms with Gasteiger partial charge in [0.2, 0.25) is 0 Å². The van der Waals surface area contributed by atoms with Crippen LogP contribution >= 0.6 is 11.3 Å². The van der Waals surface area contributed by atoms with Crippen LogP contribution in [-0.2, 0) is 11.2 Å². The number of carboxylic acid groups (broad SMARTS) is 1. The van der Waals surface area contributed by atoms with Crippen LogP contribution in [-0.4, -0.2) is 40.4 Å². The zero-order chi connectivity index (χ0) is 21.3. The number of carbonyl (C=O) groups is 2. The van der Waals surface area contributed by atoms with Crippen molar-refractivity contribution in [1.29, 1.82) is 0 Å². The molecule has 7 heteroatoms. The number of aromatic carboxylic acids is 1. The van der Waals surface area contributed by atoms with Crippen molar-refractivity contribution in [3.63, 3.8) is 0 Å². The van der Waals surface area contributed by atoms with E-state index in [0.29, 0.717) is 12.8 Å². The SMILES string of the molecule is CCCC#CCCC/C=C/C1CC(F)(F)C(=O)N1CCCc1ccc(C(=O)O)s1. The van der Waals surface area contributed by atoms with E-state index in [4.69, 9.17) is 5.11 Å². The van der Waals surface area contributed by atoms with Crippen molar-refractivity contribution < 1.29 is 23.5 Å². The highest BCUT2D eigenvalue weighted by Gasteiger charge is 2.52. The maximum atomic E-state index is 13.9. The van der Waals surface area contributed by atoms with Crippen molar-refractivity contribution in [2.75, 3.05) is 6.54 Å². The molecule has 29 heavy (non-hydrogen) atoms. The molecule has 0 bridgehead atoms. The largest absolute Gasteiger partial charge is 0.477 e. The lowest BCUT2D eigenvalue weighted by Crippen LogP contribution is -2.36. The van der Waals surface area contributed by atoms with Crippen molar-refractivity contribution in [3.8, 4) is 11.8 Å². The Morgan fingerprint density at radius 2 is 2.10 bits per heavy atom. The van der Waals surface area contributed by atoms with Crippen LogP contribution in [0.3, 0.4) is 0 Å². The molecule has 0 aliphatic carbocycles. The molecule has 158 valence electrons. The molecular weight excluding hydrogens is 396 g/mol. The van der Waals surface area contributed by atoms with Gasteiger partial charge in [0.1, 0.15) is 4.88 Å². The summed E-state index contributed by atoms with van der Waals surface area (Å²) in [5.74, 6) is 0.759. The Bertz CT molecular complexity index is 791. The number of nitrogens with zero attached hydrogens (tertiary/aromatic N) is 1. The first kappa shape index (κ1) is 23.1. The minimum absolute atomic E-state index is 0.228. The second-order valence-electron chi connectivity index (χ2n) is 7.07. The molecule has 0 spiro atoms. The van der Waals surface area contributed by atoms with E-state index in [1.54, 1.807) is 12.1 Å². The number of carboxylic acids is 1. The Kier molecular flexibility index (Phi) is 8.84. The molecule has 2 rings (SSSR count). The van der Waals surface area contributed by atoms with Crippen LogP contribution in [0.15, 0.2) is 24.3 Å². The van der Waals surface area contributed by atoms with Crippen molar-refractivity contribution in [3.05, 3.63) is 34.0 Å². The molecule has 1 atom stereocenters. The third-order valence-electron chi connectivity index (χ3n) is 4.67. The van der Waals surface area contributed by atoms with Gasteiger partial charge in [-0.15, -0.1) is 23.2 Å². The number of aryl methyl sites for hydroxylation is 1. The molecule has 1 aliphatic heterocycles. The number of thiophene rings is 1. The van der Waals surface area contributed by atoms with Crippen molar-refractivity contribution in [2.24, 2.45) is 0 Å². The predicted octanol–water partition coefficient (Wildman–Crippen LogP) is 5.15. The number of halogens is 2. The highest BCUT2D eigenvalue weighted by atomic mass is 32.1. The van der Waals surface area contributed by atoms with Crippen molar-refractivity contribution in [2.45, 2.75) is 70.3 Å². The molecule has 0 aromatic carbocycles. The average Bonchev–Trinajstić information content (AvgIpc) is 3.22. The quantitative estimate of drug-likeness (QED) is 0.322. The minimum Gasteiger partial charge on any atom is -0.477 e. The number of hydrogen-bond acceptors (Lipinski definition) is 3. The van der Waals surface area contributed by atoms with E-state index in [2.05, 4.69) is 18.8 Å². The Morgan fingerprint density at radius 3 is 2.79 bits per heavy atom. The summed E-state index contributed by atoms with van der Waals surface area (Å²) in [4.78, 5) is 25.4. The van der Waals surface area contributed by atoms with Gasteiger partial charge < -0.3 is 10.0 Å². The molecule has 1 aliphatic rings. The van der Waals surface area contributed by atoms with Gasteiger partial charge in [0.25, 0.3) is 5.91 Å². The molecule has 1 N–H and O–H groups in total. The number of carbonyl (C=O) groups excluding carboxylic acids is 1. The monoisotopic (exact) mass is 423 g/mol. The molecule has 1 amide bonds. The predicted molar refractivity (Wildman–Crippen MR) is 110 cm³/mol. The highest BCUT2D eigenvalue weighted by Crippen LogP contribution is 2.34. The smallest absolute Gasteiger partial charge is 0.345 e. The molecule has 0 radical (unpaired) electrons. The van der Waals surface area contributed by atoms with E-state index in [0.717, 1.165) is 37.0 Å². The fourth-order valence-electron chi connectivity index (χ4n) is 3.17. The third kappa shape index (κ3) is 6.97. The van der Waals surface area contributed by atoms with Crippen LogP contribution in [0.1, 0.15) is 66.4 Å². The number of rotatable bonds is 10. The number of likely N-dealkylation sites (tertiary alicyclic amines) is 1. The summed E-state index contributed by atoms with van der Waals surface area (Å²) < 4.78 is 27.8. The Hall–Kier alpha value is -2.20. The molecule has 1 fully saturated rings. The fourth-order valence-corrected chi connectivity index (χ4v) is 4.06. The van der Waals surface area contributed by atoms with E-state index in [1.165, 1.54) is 22.3 Å². The summed E-state index contributed by atoms with van der Waals surface area (Å²) in [6.45, 7) is 2.31. The van der Waals surface area contributed by atoms with E-state index in [9.17, 15) is 18.4 Å². The lowest BCUT2D eigenvalue weighted by Gasteiger charge is -2.21. The standard InChI is InChI=1S/C22H27F2NO3S/c1-2-3-4-5-6-7-8-9-11-17-16-22(23,24)21(28)25(17)15-10-12-18-13-14-19(29-18)20(26)27/h9,11,13-14,17H,2-3,6-8,10,12,15-16H2,1H3,(H,26,27)/b11-9+. The van der Waals surface area contributed by atoms with Gasteiger partial charge in [0.15, 0.2) is 0 Å². The van der Waals surface area contributed by atoms with Gasteiger partial charge in [-0.3, -0.25) is 4.79 Å². The number of amides is 1. The molecule has 4 nitrogen and oxygen atoms in total. The van der Waals surface area contributed by atoms with E-state index >= 15 is 0 Å². The summed E-state index contributed by atoms with van der Waals surface area (Å²) in [5.41, 5.74) is 0. The molecule has 1 aromatic heterocycles. The van der Waals surface area contributed by atoms with Gasteiger partial charge >= 0.3 is 11.9 Å². The van der Waals surface area contributed by atoms with Gasteiger partial charge in [-0.1, -0.05) is 19.1 Å². The van der Waals surface area contributed by atoms with Crippen LogP contribution < -0.4 is 0 Å². The van der Waals surface area contributed by atoms with Gasteiger partial charge in [-0.25, -0.2) is 4.79 Å². The normalized spacial score (nSPS) is 18.2. The summed E-state index contributed by atoms with van der Waals surface area (Å²) in [6.07, 6.45) is 8.50. The third-order valence-corrected chi connectivity index (χ3v) is 5.80. The van der Waals surface area contributed by atoms with Gasteiger partial charge in [-0.05, 0) is 44.2 Å². The molecule has 2 heterocycles. The molecular formula is C22H27F2NO3S. The summed E-state index contributed by atoms with van der Waals surface area (Å²) >= 11 is 1.17. The minimum atomic E-state index is -3.32. The van der Waals surface area contributed by atoms with Crippen molar-refractivity contribution >= 4 is 23.2 Å². The number of allylic oxidation sites excluding steroid dienone is 1. The van der Waals surface area contributed by atoms with Gasteiger partial charge in [0.05, 0.1) is 6.04 Å². The van der Waals surface area contributed by atoms with Crippen LogP contribution in [0.5, 0.6) is 0 Å². The van der Waals surface area contributed by atoms with Crippen LogP contribution in [0.2, 0.25) is 0 Å². The van der Waals surface area contributed by atoms with Crippen LogP contribution in [0.25, 0.3) is 0 Å². The number of unbranched alkanes of at least 4 members (excludes halogenated alkanes) is 3. The van der Waals surface area contributed by atoms with E-state index in [1.807, 2.05) is 6.08 Å². The summed E-state index contributed by atoms with van der Waals surface area (Å²) in [5, 5.41) is 8.96. The maximum absolute atomic E-state index is 13.9. The Balaban J connectivity index is 1.84. The average molecular weight is 424 g/mol. The second-order valence-corrected chi connectivity index (χ2v) is 8.24. The summed E-state index contributed by atoms with van der Waals surface area (Å²) in [6, 6.07) is 2.67. The molecule has 1 unspecified atom stereocenters. The molecule has 1 saturated heterocycles. The van der Waals surface area contributed by atoms with Crippen molar-refractivity contribution in [1.82, 2.24) is 4.90 Å². The molecule has 0 saturated carbocycles.